The lowest BCUT2D eigenvalue weighted by Crippen LogP contribution is -2.42. The van der Waals surface area contributed by atoms with Crippen LogP contribution in [0.5, 0.6) is 0 Å². The Morgan fingerprint density at radius 3 is 2.23 bits per heavy atom. The van der Waals surface area contributed by atoms with E-state index in [2.05, 4.69) is 15.6 Å². The molecule has 1 atom stereocenters. The molecule has 9 heteroatoms. The number of urea groups is 1. The van der Waals surface area contributed by atoms with E-state index in [1.807, 2.05) is 0 Å². The Morgan fingerprint density at radius 1 is 0.935 bits per heavy atom. The molecule has 3 amide bonds. The summed E-state index contributed by atoms with van der Waals surface area (Å²) in [5.74, 6) is -0.721. The lowest BCUT2D eigenvalue weighted by atomic mass is 9.98. The molecule has 0 saturated heterocycles. The molecule has 2 aromatic carbocycles. The molecule has 0 radical (unpaired) electrons. The molecule has 0 unspecified atom stereocenters. The third-order valence-electron chi connectivity index (χ3n) is 4.42. The number of benzene rings is 2. The van der Waals surface area contributed by atoms with E-state index < -0.39 is 42.1 Å². The molecular formula is C22H17F4N3O2. The molecule has 0 saturated carbocycles. The first kappa shape index (κ1) is 21.9. The van der Waals surface area contributed by atoms with Crippen LogP contribution in [0.3, 0.4) is 0 Å². The number of rotatable bonds is 5. The second-order valence-electron chi connectivity index (χ2n) is 6.54. The van der Waals surface area contributed by atoms with Gasteiger partial charge in [0.25, 0.3) is 5.91 Å². The standard InChI is InChI=1S/C22H17F4N3O2/c23-13-14-8-10-15(11-9-14)18(19-17(22(24,25)26)7-4-12-27-19)28-21(31)29-20(30)16-5-2-1-3-6-16/h1-12,18H,13H2,(H2,28,29,30,31)/t18-/m0/s1. The zero-order valence-corrected chi connectivity index (χ0v) is 16.0. The van der Waals surface area contributed by atoms with E-state index in [1.54, 1.807) is 18.2 Å². The highest BCUT2D eigenvalue weighted by Gasteiger charge is 2.37. The van der Waals surface area contributed by atoms with Crippen molar-refractivity contribution in [2.45, 2.75) is 18.9 Å². The maximum Gasteiger partial charge on any atom is 0.418 e. The van der Waals surface area contributed by atoms with E-state index in [0.29, 0.717) is 5.56 Å². The quantitative estimate of drug-likeness (QED) is 0.570. The maximum atomic E-state index is 13.5. The Balaban J connectivity index is 1.93. The lowest BCUT2D eigenvalue weighted by Gasteiger charge is -2.22. The Kier molecular flexibility index (Phi) is 6.64. The van der Waals surface area contributed by atoms with Crippen molar-refractivity contribution in [1.82, 2.24) is 15.6 Å². The van der Waals surface area contributed by atoms with Gasteiger partial charge in [-0.1, -0.05) is 42.5 Å². The van der Waals surface area contributed by atoms with E-state index in [-0.39, 0.29) is 11.1 Å². The minimum atomic E-state index is -4.72. The minimum Gasteiger partial charge on any atom is -0.325 e. The number of halogens is 4. The topological polar surface area (TPSA) is 71.1 Å². The molecule has 160 valence electrons. The minimum absolute atomic E-state index is 0.204. The van der Waals surface area contributed by atoms with Gasteiger partial charge >= 0.3 is 12.2 Å². The summed E-state index contributed by atoms with van der Waals surface area (Å²) in [7, 11) is 0. The van der Waals surface area contributed by atoms with E-state index in [4.69, 9.17) is 0 Å². The fourth-order valence-electron chi connectivity index (χ4n) is 2.93. The molecule has 0 aliphatic rings. The average Bonchev–Trinajstić information content (AvgIpc) is 2.77. The highest BCUT2D eigenvalue weighted by Crippen LogP contribution is 2.35. The van der Waals surface area contributed by atoms with Gasteiger partial charge in [0.15, 0.2) is 0 Å². The van der Waals surface area contributed by atoms with Crippen LogP contribution in [0.4, 0.5) is 22.4 Å². The van der Waals surface area contributed by atoms with Crippen LogP contribution in [-0.2, 0) is 12.9 Å². The molecular weight excluding hydrogens is 414 g/mol. The fourth-order valence-corrected chi connectivity index (χ4v) is 2.93. The first-order valence-corrected chi connectivity index (χ1v) is 9.13. The zero-order chi connectivity index (χ0) is 22.4. The molecule has 0 spiro atoms. The Bertz CT molecular complexity index is 1050. The van der Waals surface area contributed by atoms with Crippen molar-refractivity contribution in [2.75, 3.05) is 0 Å². The van der Waals surface area contributed by atoms with Crippen LogP contribution in [0, 0.1) is 0 Å². The van der Waals surface area contributed by atoms with E-state index in [0.717, 1.165) is 12.1 Å². The maximum absolute atomic E-state index is 13.5. The SMILES string of the molecule is O=C(NC(=O)c1ccccc1)N[C@@H](c1ccc(CF)cc1)c1ncccc1C(F)(F)F. The number of hydrogen-bond donors (Lipinski definition) is 2. The molecule has 0 fully saturated rings. The van der Waals surface area contributed by atoms with Crippen molar-refractivity contribution < 1.29 is 27.2 Å². The Morgan fingerprint density at radius 2 is 1.61 bits per heavy atom. The van der Waals surface area contributed by atoms with E-state index >= 15 is 0 Å². The van der Waals surface area contributed by atoms with Gasteiger partial charge in [0.05, 0.1) is 17.3 Å². The van der Waals surface area contributed by atoms with E-state index in [9.17, 15) is 27.2 Å². The van der Waals surface area contributed by atoms with Gasteiger partial charge in [0, 0.05) is 11.8 Å². The third-order valence-corrected chi connectivity index (χ3v) is 4.42. The smallest absolute Gasteiger partial charge is 0.325 e. The predicted octanol–water partition coefficient (Wildman–Crippen LogP) is 4.80. The fraction of sp³-hybridized carbons (Fsp3) is 0.136. The highest BCUT2D eigenvalue weighted by molar-refractivity contribution is 6.04. The summed E-state index contributed by atoms with van der Waals surface area (Å²) in [6.07, 6.45) is -3.55. The predicted molar refractivity (Wildman–Crippen MR) is 105 cm³/mol. The van der Waals surface area contributed by atoms with E-state index in [1.165, 1.54) is 42.6 Å². The van der Waals surface area contributed by atoms with Crippen LogP contribution >= 0.6 is 0 Å². The summed E-state index contributed by atoms with van der Waals surface area (Å²) < 4.78 is 53.5. The monoisotopic (exact) mass is 431 g/mol. The van der Waals surface area contributed by atoms with Gasteiger partial charge in [-0.3, -0.25) is 15.1 Å². The number of hydrogen-bond acceptors (Lipinski definition) is 3. The summed E-state index contributed by atoms with van der Waals surface area (Å²) >= 11 is 0. The summed E-state index contributed by atoms with van der Waals surface area (Å²) in [4.78, 5) is 28.5. The zero-order valence-electron chi connectivity index (χ0n) is 16.0. The summed E-state index contributed by atoms with van der Waals surface area (Å²) in [5.41, 5.74) is -0.725. The van der Waals surface area contributed by atoms with Crippen LogP contribution in [0.15, 0.2) is 72.9 Å². The highest BCUT2D eigenvalue weighted by atomic mass is 19.4. The first-order valence-electron chi connectivity index (χ1n) is 9.13. The number of amides is 3. The van der Waals surface area contributed by atoms with Crippen molar-refractivity contribution >= 4 is 11.9 Å². The number of carbonyl (C=O) groups is 2. The number of nitrogens with zero attached hydrogens (tertiary/aromatic N) is 1. The molecule has 5 nitrogen and oxygen atoms in total. The van der Waals surface area contributed by atoms with Gasteiger partial charge in [-0.2, -0.15) is 13.2 Å². The van der Waals surface area contributed by atoms with Crippen LogP contribution < -0.4 is 10.6 Å². The number of aromatic nitrogens is 1. The molecule has 31 heavy (non-hydrogen) atoms. The van der Waals surface area contributed by atoms with Gasteiger partial charge < -0.3 is 5.32 Å². The second kappa shape index (κ2) is 9.38. The number of alkyl halides is 4. The first-order chi connectivity index (χ1) is 14.8. The van der Waals surface area contributed by atoms with Gasteiger partial charge in [-0.05, 0) is 35.4 Å². The molecule has 1 heterocycles. The van der Waals surface area contributed by atoms with Gasteiger partial charge in [0.2, 0.25) is 0 Å². The molecule has 2 N–H and O–H groups in total. The number of pyridine rings is 1. The van der Waals surface area contributed by atoms with Crippen molar-refractivity contribution in [3.63, 3.8) is 0 Å². The molecule has 0 aliphatic carbocycles. The van der Waals surface area contributed by atoms with Crippen molar-refractivity contribution in [3.8, 4) is 0 Å². The molecule has 1 aromatic heterocycles. The third kappa shape index (κ3) is 5.44. The summed E-state index contributed by atoms with van der Waals surface area (Å²) in [5, 5.41) is 4.46. The van der Waals surface area contributed by atoms with Crippen LogP contribution in [0.2, 0.25) is 0 Å². The van der Waals surface area contributed by atoms with Gasteiger partial charge in [-0.15, -0.1) is 0 Å². The van der Waals surface area contributed by atoms with Crippen LogP contribution in [-0.4, -0.2) is 16.9 Å². The average molecular weight is 431 g/mol. The summed E-state index contributed by atoms with van der Waals surface area (Å²) in [6.45, 7) is -0.748. The molecule has 3 rings (SSSR count). The van der Waals surface area contributed by atoms with Crippen LogP contribution in [0.1, 0.15) is 38.8 Å². The number of carbonyl (C=O) groups excluding carboxylic acids is 2. The summed E-state index contributed by atoms with van der Waals surface area (Å²) in [6, 6.07) is 13.1. The normalized spacial score (nSPS) is 12.1. The van der Waals surface area contributed by atoms with Crippen molar-refractivity contribution in [3.05, 3.63) is 101 Å². The Labute approximate surface area is 175 Å². The van der Waals surface area contributed by atoms with Gasteiger partial charge in [0.1, 0.15) is 6.67 Å². The van der Waals surface area contributed by atoms with Crippen molar-refractivity contribution in [2.24, 2.45) is 0 Å². The van der Waals surface area contributed by atoms with Crippen LogP contribution in [0.25, 0.3) is 0 Å². The lowest BCUT2D eigenvalue weighted by molar-refractivity contribution is -0.138. The molecule has 0 bridgehead atoms. The number of nitrogens with one attached hydrogen (secondary N) is 2. The second-order valence-corrected chi connectivity index (χ2v) is 6.54. The number of imide groups is 1. The van der Waals surface area contributed by atoms with Crippen molar-refractivity contribution in [1.29, 1.82) is 0 Å². The molecule has 0 aliphatic heterocycles. The molecule has 3 aromatic rings. The largest absolute Gasteiger partial charge is 0.418 e. The van der Waals surface area contributed by atoms with Gasteiger partial charge in [-0.25, -0.2) is 9.18 Å². The Hall–Kier alpha value is -3.75.